The van der Waals surface area contributed by atoms with Gasteiger partial charge in [0, 0.05) is 19.1 Å². The molecule has 2 unspecified atom stereocenters. The number of nitrogens with one attached hydrogen (secondary N) is 2. The predicted molar refractivity (Wildman–Crippen MR) is 91.0 cm³/mol. The maximum absolute atomic E-state index is 12.9. The highest BCUT2D eigenvalue weighted by Gasteiger charge is 2.28. The summed E-state index contributed by atoms with van der Waals surface area (Å²) in [6.45, 7) is 5.51. The van der Waals surface area contributed by atoms with Gasteiger partial charge in [0.05, 0.1) is 0 Å². The van der Waals surface area contributed by atoms with Gasteiger partial charge in [0.1, 0.15) is 6.04 Å². The highest BCUT2D eigenvalue weighted by Crippen LogP contribution is 2.19. The van der Waals surface area contributed by atoms with Crippen molar-refractivity contribution >= 4 is 11.9 Å². The molecule has 1 saturated heterocycles. The Bertz CT molecular complexity index is 512. The average Bonchev–Trinajstić information content (AvgIpc) is 2.60. The number of nitrogens with zero attached hydrogens (tertiary/aromatic N) is 1. The van der Waals surface area contributed by atoms with Gasteiger partial charge >= 0.3 is 6.03 Å². The summed E-state index contributed by atoms with van der Waals surface area (Å²) in [6.07, 6.45) is 4.09. The van der Waals surface area contributed by atoms with Gasteiger partial charge in [-0.05, 0) is 38.2 Å². The van der Waals surface area contributed by atoms with Gasteiger partial charge in [-0.25, -0.2) is 4.79 Å². The van der Waals surface area contributed by atoms with E-state index in [1.54, 1.807) is 0 Å². The second kappa shape index (κ2) is 8.56. The van der Waals surface area contributed by atoms with Gasteiger partial charge < -0.3 is 15.5 Å². The van der Waals surface area contributed by atoms with Gasteiger partial charge in [0.2, 0.25) is 5.91 Å². The maximum Gasteiger partial charge on any atom is 0.315 e. The highest BCUT2D eigenvalue weighted by atomic mass is 16.2. The van der Waals surface area contributed by atoms with Crippen LogP contribution < -0.4 is 10.6 Å². The molecule has 0 saturated carbocycles. The first kappa shape index (κ1) is 17.3. The van der Waals surface area contributed by atoms with E-state index in [9.17, 15) is 9.59 Å². The third-order valence-corrected chi connectivity index (χ3v) is 4.31. The Kier molecular flexibility index (Phi) is 6.44. The number of piperidine rings is 1. The normalized spacial score (nSPS) is 17.2. The van der Waals surface area contributed by atoms with Crippen LogP contribution in [-0.2, 0) is 4.79 Å². The molecule has 1 aromatic carbocycles. The molecule has 0 radical (unpaired) electrons. The van der Waals surface area contributed by atoms with Crippen LogP contribution in [0.15, 0.2) is 30.3 Å². The summed E-state index contributed by atoms with van der Waals surface area (Å²) in [7, 11) is 0. The number of rotatable bonds is 5. The van der Waals surface area contributed by atoms with E-state index in [4.69, 9.17) is 0 Å². The molecule has 0 aliphatic carbocycles. The van der Waals surface area contributed by atoms with Crippen molar-refractivity contribution in [1.82, 2.24) is 15.5 Å². The largest absolute Gasteiger partial charge is 0.341 e. The number of hydrogen-bond acceptors (Lipinski definition) is 2. The van der Waals surface area contributed by atoms with Crippen LogP contribution in [-0.4, -0.2) is 36.0 Å². The van der Waals surface area contributed by atoms with E-state index < -0.39 is 6.04 Å². The second-order valence-electron chi connectivity index (χ2n) is 6.16. The molecule has 1 fully saturated rings. The Morgan fingerprint density at radius 3 is 2.35 bits per heavy atom. The molecule has 126 valence electrons. The first-order chi connectivity index (χ1) is 11.1. The molecular weight excluding hydrogens is 290 g/mol. The fraction of sp³-hybridized carbons (Fsp3) is 0.556. The van der Waals surface area contributed by atoms with Crippen molar-refractivity contribution < 1.29 is 9.59 Å². The molecular formula is C18H27N3O2. The molecule has 5 nitrogen and oxygen atoms in total. The minimum Gasteiger partial charge on any atom is -0.341 e. The third-order valence-electron chi connectivity index (χ3n) is 4.31. The van der Waals surface area contributed by atoms with E-state index in [0.717, 1.165) is 37.9 Å². The summed E-state index contributed by atoms with van der Waals surface area (Å²) in [6, 6.07) is 8.62. The number of carbonyl (C=O) groups is 2. The van der Waals surface area contributed by atoms with Crippen LogP contribution in [0.5, 0.6) is 0 Å². The average molecular weight is 317 g/mol. The van der Waals surface area contributed by atoms with Crippen LogP contribution >= 0.6 is 0 Å². The molecule has 0 bridgehead atoms. The zero-order chi connectivity index (χ0) is 16.7. The first-order valence-corrected chi connectivity index (χ1v) is 8.52. The molecule has 0 spiro atoms. The number of carbonyl (C=O) groups excluding carboxylic acids is 2. The van der Waals surface area contributed by atoms with Crippen molar-refractivity contribution in [2.75, 3.05) is 13.1 Å². The predicted octanol–water partition coefficient (Wildman–Crippen LogP) is 2.84. The van der Waals surface area contributed by atoms with Crippen molar-refractivity contribution in [2.24, 2.45) is 0 Å². The zero-order valence-electron chi connectivity index (χ0n) is 14.0. The second-order valence-corrected chi connectivity index (χ2v) is 6.16. The van der Waals surface area contributed by atoms with Gasteiger partial charge in [0.15, 0.2) is 0 Å². The lowest BCUT2D eigenvalue weighted by atomic mass is 10.0. The SMILES string of the molecule is CCC(C)NC(=O)NC(C(=O)N1CCCCC1)c1ccccc1. The van der Waals surface area contributed by atoms with Crippen molar-refractivity contribution in [3.05, 3.63) is 35.9 Å². The van der Waals surface area contributed by atoms with E-state index in [1.807, 2.05) is 49.1 Å². The lowest BCUT2D eigenvalue weighted by Gasteiger charge is -2.31. The summed E-state index contributed by atoms with van der Waals surface area (Å²) in [5.74, 6) is -0.0183. The monoisotopic (exact) mass is 317 g/mol. The Morgan fingerprint density at radius 2 is 1.74 bits per heavy atom. The smallest absolute Gasteiger partial charge is 0.315 e. The third kappa shape index (κ3) is 4.98. The minimum absolute atomic E-state index is 0.0183. The highest BCUT2D eigenvalue weighted by molar-refractivity contribution is 5.88. The number of likely N-dealkylation sites (tertiary alicyclic amines) is 1. The van der Waals surface area contributed by atoms with Gasteiger partial charge in [-0.2, -0.15) is 0 Å². The minimum atomic E-state index is -0.627. The van der Waals surface area contributed by atoms with E-state index >= 15 is 0 Å². The molecule has 2 rings (SSSR count). The van der Waals surface area contributed by atoms with Gasteiger partial charge in [-0.3, -0.25) is 4.79 Å². The molecule has 1 aromatic rings. The molecule has 1 heterocycles. The van der Waals surface area contributed by atoms with E-state index in [-0.39, 0.29) is 18.0 Å². The number of amides is 3. The molecule has 2 N–H and O–H groups in total. The van der Waals surface area contributed by atoms with Crippen LogP contribution in [0.25, 0.3) is 0 Å². The summed E-state index contributed by atoms with van der Waals surface area (Å²) in [5, 5.41) is 5.72. The Hall–Kier alpha value is -2.04. The zero-order valence-corrected chi connectivity index (χ0v) is 14.0. The lowest BCUT2D eigenvalue weighted by Crippen LogP contribution is -2.48. The summed E-state index contributed by atoms with van der Waals surface area (Å²) in [5.41, 5.74) is 0.822. The fourth-order valence-electron chi connectivity index (χ4n) is 2.73. The maximum atomic E-state index is 12.9. The van der Waals surface area contributed by atoms with Crippen molar-refractivity contribution in [1.29, 1.82) is 0 Å². The Labute approximate surface area is 138 Å². The van der Waals surface area contributed by atoms with Crippen molar-refractivity contribution in [3.8, 4) is 0 Å². The summed E-state index contributed by atoms with van der Waals surface area (Å²) in [4.78, 5) is 26.9. The van der Waals surface area contributed by atoms with Crippen molar-refractivity contribution in [2.45, 2.75) is 51.6 Å². The standard InChI is InChI=1S/C18H27N3O2/c1-3-14(2)19-18(23)20-16(15-10-6-4-7-11-15)17(22)21-12-8-5-9-13-21/h4,6-7,10-11,14,16H,3,5,8-9,12-13H2,1-2H3,(H2,19,20,23). The quantitative estimate of drug-likeness (QED) is 0.877. The topological polar surface area (TPSA) is 61.4 Å². The molecule has 1 aliphatic rings. The molecule has 1 aliphatic heterocycles. The van der Waals surface area contributed by atoms with E-state index in [1.165, 1.54) is 6.42 Å². The van der Waals surface area contributed by atoms with Gasteiger partial charge in [-0.1, -0.05) is 37.3 Å². The van der Waals surface area contributed by atoms with Gasteiger partial charge in [-0.15, -0.1) is 0 Å². The fourth-order valence-corrected chi connectivity index (χ4v) is 2.73. The number of hydrogen-bond donors (Lipinski definition) is 2. The molecule has 3 amide bonds. The first-order valence-electron chi connectivity index (χ1n) is 8.52. The Balaban J connectivity index is 2.11. The van der Waals surface area contributed by atoms with Crippen LogP contribution in [0.1, 0.15) is 51.1 Å². The van der Waals surface area contributed by atoms with E-state index in [0.29, 0.717) is 0 Å². The molecule has 23 heavy (non-hydrogen) atoms. The molecule has 2 atom stereocenters. The van der Waals surface area contributed by atoms with Crippen molar-refractivity contribution in [3.63, 3.8) is 0 Å². The molecule has 5 heteroatoms. The molecule has 0 aromatic heterocycles. The van der Waals surface area contributed by atoms with Crippen LogP contribution in [0, 0.1) is 0 Å². The van der Waals surface area contributed by atoms with Crippen LogP contribution in [0.3, 0.4) is 0 Å². The van der Waals surface area contributed by atoms with E-state index in [2.05, 4.69) is 10.6 Å². The van der Waals surface area contributed by atoms with Crippen LogP contribution in [0.4, 0.5) is 4.79 Å². The summed E-state index contributed by atoms with van der Waals surface area (Å²) < 4.78 is 0. The number of benzene rings is 1. The van der Waals surface area contributed by atoms with Crippen LogP contribution in [0.2, 0.25) is 0 Å². The Morgan fingerprint density at radius 1 is 1.09 bits per heavy atom. The van der Waals surface area contributed by atoms with Gasteiger partial charge in [0.25, 0.3) is 0 Å². The summed E-state index contributed by atoms with van der Waals surface area (Å²) >= 11 is 0. The number of urea groups is 1. The lowest BCUT2D eigenvalue weighted by molar-refractivity contribution is -0.134.